The highest BCUT2D eigenvalue weighted by Crippen LogP contribution is 2.41. The second kappa shape index (κ2) is 7.04. The lowest BCUT2D eigenvalue weighted by Crippen LogP contribution is -2.46. The van der Waals surface area contributed by atoms with Crippen molar-refractivity contribution < 1.29 is 14.3 Å². The quantitative estimate of drug-likeness (QED) is 0.638. The molecule has 0 unspecified atom stereocenters. The number of carbonyl (C=O) groups is 2. The highest BCUT2D eigenvalue weighted by Gasteiger charge is 2.48. The van der Waals surface area contributed by atoms with E-state index in [1.807, 2.05) is 39.8 Å². The molecule has 1 N–H and O–H groups in total. The lowest BCUT2D eigenvalue weighted by Gasteiger charge is -2.34. The number of ketones is 1. The minimum atomic E-state index is -1.10. The minimum absolute atomic E-state index is 0.143. The lowest BCUT2D eigenvalue weighted by molar-refractivity contribution is -0.123. The zero-order valence-electron chi connectivity index (χ0n) is 15.0. The summed E-state index contributed by atoms with van der Waals surface area (Å²) in [5.74, 6) is 0.229. The summed E-state index contributed by atoms with van der Waals surface area (Å²) in [6, 6.07) is 5.16. The summed E-state index contributed by atoms with van der Waals surface area (Å²) in [7, 11) is 1.56. The van der Waals surface area contributed by atoms with E-state index in [0.29, 0.717) is 29.8 Å². The zero-order chi connectivity index (χ0) is 17.9. The average Bonchev–Trinajstić information content (AvgIpc) is 2.53. The van der Waals surface area contributed by atoms with Gasteiger partial charge in [0.2, 0.25) is 5.91 Å². The predicted octanol–water partition coefficient (Wildman–Crippen LogP) is 4.53. The lowest BCUT2D eigenvalue weighted by atomic mass is 9.71. The average molecular weight is 327 g/mol. The molecule has 4 heteroatoms. The van der Waals surface area contributed by atoms with Crippen LogP contribution < -0.4 is 10.1 Å². The third-order valence-corrected chi connectivity index (χ3v) is 4.31. The highest BCUT2D eigenvalue weighted by molar-refractivity contribution is 6.24. The number of carbonyl (C=O) groups excluding carboxylic acids is 2. The van der Waals surface area contributed by atoms with Gasteiger partial charge < -0.3 is 10.1 Å². The number of hydrogen-bond donors (Lipinski definition) is 1. The Morgan fingerprint density at radius 3 is 2.17 bits per heavy atom. The van der Waals surface area contributed by atoms with Gasteiger partial charge in [-0.2, -0.15) is 0 Å². The van der Waals surface area contributed by atoms with E-state index in [1.54, 1.807) is 25.3 Å². The normalized spacial score (nSPS) is 15.2. The highest BCUT2D eigenvalue weighted by atomic mass is 16.5. The molecular weight excluding hydrogens is 302 g/mol. The van der Waals surface area contributed by atoms with Crippen LogP contribution in [-0.2, 0) is 4.79 Å². The molecule has 0 atom stereocenters. The Labute approximate surface area is 143 Å². The summed E-state index contributed by atoms with van der Waals surface area (Å²) < 4.78 is 5.23. The first-order chi connectivity index (χ1) is 11.3. The summed E-state index contributed by atoms with van der Waals surface area (Å²) in [6.07, 6.45) is 4.70. The number of rotatable bonds is 5. The van der Waals surface area contributed by atoms with E-state index in [4.69, 9.17) is 4.74 Å². The van der Waals surface area contributed by atoms with E-state index >= 15 is 0 Å². The summed E-state index contributed by atoms with van der Waals surface area (Å²) >= 11 is 0. The number of fused-ring (bicyclic) bond motifs is 1. The molecule has 0 aromatic heterocycles. The summed E-state index contributed by atoms with van der Waals surface area (Å²) in [6.45, 7) is 7.88. The van der Waals surface area contributed by atoms with Gasteiger partial charge >= 0.3 is 0 Å². The van der Waals surface area contributed by atoms with Crippen molar-refractivity contribution in [2.24, 2.45) is 5.41 Å². The molecule has 0 fully saturated rings. The topological polar surface area (TPSA) is 55.4 Å². The van der Waals surface area contributed by atoms with Crippen LogP contribution in [-0.4, -0.2) is 18.8 Å². The van der Waals surface area contributed by atoms with Crippen molar-refractivity contribution in [3.63, 3.8) is 0 Å². The van der Waals surface area contributed by atoms with E-state index in [9.17, 15) is 9.59 Å². The van der Waals surface area contributed by atoms with Crippen LogP contribution in [0.5, 0.6) is 5.75 Å². The van der Waals surface area contributed by atoms with Gasteiger partial charge in [0.1, 0.15) is 11.2 Å². The minimum Gasteiger partial charge on any atom is -0.497 e. The van der Waals surface area contributed by atoms with Gasteiger partial charge in [0, 0.05) is 5.56 Å². The number of Topliss-reactive ketones (excluding diaryl/α,β-unsaturated/α-hetero) is 1. The third-order valence-electron chi connectivity index (χ3n) is 4.31. The molecule has 0 saturated carbocycles. The van der Waals surface area contributed by atoms with Crippen LogP contribution in [0.4, 0.5) is 5.69 Å². The van der Waals surface area contributed by atoms with Crippen molar-refractivity contribution in [3.05, 3.63) is 47.1 Å². The van der Waals surface area contributed by atoms with Gasteiger partial charge in [0.05, 0.1) is 12.8 Å². The van der Waals surface area contributed by atoms with E-state index in [2.05, 4.69) is 5.32 Å². The van der Waals surface area contributed by atoms with Crippen molar-refractivity contribution in [1.29, 1.82) is 0 Å². The van der Waals surface area contributed by atoms with Crippen LogP contribution in [0.3, 0.4) is 0 Å². The third kappa shape index (κ3) is 3.42. The number of benzene rings is 1. The van der Waals surface area contributed by atoms with Gasteiger partial charge in [-0.1, -0.05) is 23.3 Å². The number of ether oxygens (including phenoxy) is 1. The number of allylic oxidation sites excluding steroid dienone is 4. The van der Waals surface area contributed by atoms with Crippen LogP contribution in [0.2, 0.25) is 0 Å². The molecule has 0 saturated heterocycles. The first-order valence-corrected chi connectivity index (χ1v) is 8.11. The predicted molar refractivity (Wildman–Crippen MR) is 96.5 cm³/mol. The Bertz CT molecular complexity index is 700. The fourth-order valence-corrected chi connectivity index (χ4v) is 2.76. The molecule has 2 rings (SSSR count). The number of amides is 1. The maximum Gasteiger partial charge on any atom is 0.239 e. The number of nitrogens with one attached hydrogen (secondary N) is 1. The molecule has 1 aliphatic rings. The van der Waals surface area contributed by atoms with Crippen LogP contribution >= 0.6 is 0 Å². The SMILES string of the molecule is COc1ccc2c(c1)C(=O)C(CC=C(C)C)(CC=C(C)C)C(=O)N2. The Morgan fingerprint density at radius 1 is 1.08 bits per heavy atom. The standard InChI is InChI=1S/C20H25NO3/c1-13(2)8-10-20(11-9-14(3)4)18(22)16-12-15(24-5)6-7-17(16)21-19(20)23/h6-9,12H,10-11H2,1-5H3,(H,21,23). The Balaban J connectivity index is 2.55. The number of anilines is 1. The Hall–Kier alpha value is -2.36. The number of methoxy groups -OCH3 is 1. The van der Waals surface area contributed by atoms with E-state index in [1.165, 1.54) is 0 Å². The first kappa shape index (κ1) is 18.0. The monoisotopic (exact) mass is 327 g/mol. The molecule has 0 spiro atoms. The summed E-state index contributed by atoms with van der Waals surface area (Å²) in [5, 5.41) is 2.91. The van der Waals surface area contributed by atoms with Crippen LogP contribution in [0.1, 0.15) is 50.9 Å². The van der Waals surface area contributed by atoms with E-state index < -0.39 is 5.41 Å². The second-order valence-corrected chi connectivity index (χ2v) is 6.75. The molecule has 1 amide bonds. The molecule has 0 aliphatic carbocycles. The maximum atomic E-state index is 13.3. The van der Waals surface area contributed by atoms with Crippen molar-refractivity contribution in [2.75, 3.05) is 12.4 Å². The van der Waals surface area contributed by atoms with Gasteiger partial charge in [-0.3, -0.25) is 9.59 Å². The van der Waals surface area contributed by atoms with Gasteiger partial charge in [0.15, 0.2) is 5.78 Å². The molecule has 1 aromatic carbocycles. The Kier molecular flexibility index (Phi) is 5.27. The fraction of sp³-hybridized carbons (Fsp3) is 0.400. The van der Waals surface area contributed by atoms with Crippen LogP contribution in [0.15, 0.2) is 41.5 Å². The maximum absolute atomic E-state index is 13.3. The molecule has 1 aliphatic heterocycles. The zero-order valence-corrected chi connectivity index (χ0v) is 15.0. The van der Waals surface area contributed by atoms with E-state index in [0.717, 1.165) is 11.1 Å². The molecule has 0 bridgehead atoms. The smallest absolute Gasteiger partial charge is 0.239 e. The van der Waals surface area contributed by atoms with Crippen molar-refractivity contribution in [2.45, 2.75) is 40.5 Å². The van der Waals surface area contributed by atoms with Gasteiger partial charge in [-0.05, 0) is 58.7 Å². The van der Waals surface area contributed by atoms with E-state index in [-0.39, 0.29) is 11.7 Å². The molecule has 24 heavy (non-hydrogen) atoms. The first-order valence-electron chi connectivity index (χ1n) is 8.11. The van der Waals surface area contributed by atoms with Gasteiger partial charge in [-0.15, -0.1) is 0 Å². The van der Waals surface area contributed by atoms with Gasteiger partial charge in [0.25, 0.3) is 0 Å². The van der Waals surface area contributed by atoms with Crippen molar-refractivity contribution >= 4 is 17.4 Å². The molecular formula is C20H25NO3. The van der Waals surface area contributed by atoms with Crippen molar-refractivity contribution in [3.8, 4) is 5.75 Å². The number of hydrogen-bond acceptors (Lipinski definition) is 3. The molecule has 4 nitrogen and oxygen atoms in total. The molecule has 128 valence electrons. The summed E-state index contributed by atoms with van der Waals surface area (Å²) in [5.41, 5.74) is 2.13. The second-order valence-electron chi connectivity index (χ2n) is 6.75. The van der Waals surface area contributed by atoms with Crippen LogP contribution in [0, 0.1) is 5.41 Å². The van der Waals surface area contributed by atoms with Gasteiger partial charge in [-0.25, -0.2) is 0 Å². The largest absolute Gasteiger partial charge is 0.497 e. The molecule has 1 heterocycles. The Morgan fingerprint density at radius 2 is 1.67 bits per heavy atom. The summed E-state index contributed by atoms with van der Waals surface area (Å²) in [4.78, 5) is 26.1. The molecule has 1 aromatic rings. The molecule has 0 radical (unpaired) electrons. The van der Waals surface area contributed by atoms with Crippen LogP contribution in [0.25, 0.3) is 0 Å². The fourth-order valence-electron chi connectivity index (χ4n) is 2.76. The van der Waals surface area contributed by atoms with Crippen molar-refractivity contribution in [1.82, 2.24) is 0 Å².